The average Bonchev–Trinajstić information content (AvgIpc) is 2.52. The highest BCUT2D eigenvalue weighted by Crippen LogP contribution is 2.05. The lowest BCUT2D eigenvalue weighted by atomic mass is 10.1. The number of carboxylic acids is 1. The number of carboxylic acid groups (broad SMARTS) is 1. The summed E-state index contributed by atoms with van der Waals surface area (Å²) >= 11 is 0. The third kappa shape index (κ3) is 5.71. The first kappa shape index (κ1) is 19.1. The van der Waals surface area contributed by atoms with Crippen molar-refractivity contribution >= 4 is 29.6 Å². The fraction of sp³-hybridized carbons (Fsp3) is 0.500. The first-order valence-electron chi connectivity index (χ1n) is 7.24. The van der Waals surface area contributed by atoms with Crippen LogP contribution in [0.3, 0.4) is 0 Å². The number of primary amides is 1. The summed E-state index contributed by atoms with van der Waals surface area (Å²) in [6.07, 6.45) is 0.788. The quantitative estimate of drug-likeness (QED) is 0.422. The highest BCUT2D eigenvalue weighted by atomic mass is 16.4. The van der Waals surface area contributed by atoms with Gasteiger partial charge in [0.05, 0.1) is 6.54 Å². The lowest BCUT2D eigenvalue weighted by molar-refractivity contribution is -0.146. The van der Waals surface area contributed by atoms with Crippen molar-refractivity contribution in [2.75, 3.05) is 26.2 Å². The zero-order valence-corrected chi connectivity index (χ0v) is 13.1. The number of nitrogens with zero attached hydrogens (tertiary/aromatic N) is 2. The summed E-state index contributed by atoms with van der Waals surface area (Å²) in [4.78, 5) is 59.6. The number of carbonyl (C=O) groups excluding carboxylic acids is 4. The van der Waals surface area contributed by atoms with Crippen molar-refractivity contribution in [2.24, 2.45) is 5.73 Å². The van der Waals surface area contributed by atoms with Gasteiger partial charge < -0.3 is 26.0 Å². The molecule has 0 radical (unpaired) electrons. The maximum atomic E-state index is 11.9. The molecule has 1 aliphatic rings. The zero-order chi connectivity index (χ0) is 18.3. The van der Waals surface area contributed by atoms with Gasteiger partial charge in [0.25, 0.3) is 0 Å². The number of amides is 4. The minimum atomic E-state index is -1.29. The van der Waals surface area contributed by atoms with Crippen molar-refractivity contribution in [1.29, 1.82) is 0 Å². The summed E-state index contributed by atoms with van der Waals surface area (Å²) in [6, 6.07) is -1.26. The summed E-state index contributed by atoms with van der Waals surface area (Å²) in [7, 11) is 0. The predicted molar refractivity (Wildman–Crippen MR) is 81.4 cm³/mol. The third-order valence-corrected chi connectivity index (χ3v) is 3.45. The Morgan fingerprint density at radius 2 is 2.00 bits per heavy atom. The van der Waals surface area contributed by atoms with Crippen LogP contribution in [-0.2, 0) is 24.0 Å². The first-order valence-corrected chi connectivity index (χ1v) is 7.24. The Bertz CT molecular complexity index is 561. The Kier molecular flexibility index (Phi) is 6.90. The van der Waals surface area contributed by atoms with E-state index in [2.05, 4.69) is 11.9 Å². The Balaban J connectivity index is 2.53. The molecule has 1 rings (SSSR count). The van der Waals surface area contributed by atoms with Crippen LogP contribution in [0, 0.1) is 0 Å². The van der Waals surface area contributed by atoms with Crippen LogP contribution in [0.15, 0.2) is 12.7 Å². The van der Waals surface area contributed by atoms with E-state index < -0.39 is 29.7 Å². The van der Waals surface area contributed by atoms with Gasteiger partial charge in [-0.1, -0.05) is 6.58 Å². The van der Waals surface area contributed by atoms with Crippen LogP contribution in [0.2, 0.25) is 0 Å². The molecule has 0 bridgehead atoms. The van der Waals surface area contributed by atoms with Gasteiger partial charge in [-0.2, -0.15) is 0 Å². The van der Waals surface area contributed by atoms with Crippen molar-refractivity contribution in [3.8, 4) is 0 Å². The lowest BCUT2D eigenvalue weighted by Gasteiger charge is -2.33. The van der Waals surface area contributed by atoms with Gasteiger partial charge in [0.15, 0.2) is 0 Å². The number of piperazine rings is 1. The topological polar surface area (TPSA) is 150 Å². The van der Waals surface area contributed by atoms with E-state index >= 15 is 0 Å². The van der Waals surface area contributed by atoms with Gasteiger partial charge in [-0.05, 0) is 12.5 Å². The second-order valence-corrected chi connectivity index (χ2v) is 5.24. The van der Waals surface area contributed by atoms with Gasteiger partial charge in [-0.25, -0.2) is 4.79 Å². The van der Waals surface area contributed by atoms with Crippen molar-refractivity contribution in [3.63, 3.8) is 0 Å². The SMILES string of the molecule is C=CC(=O)N1CCN(CC(=O)NC(CCC(N)=O)C(=O)O)C(=O)C1. The van der Waals surface area contributed by atoms with Crippen molar-refractivity contribution in [3.05, 3.63) is 12.7 Å². The van der Waals surface area contributed by atoms with E-state index in [1.807, 2.05) is 0 Å². The molecule has 1 atom stereocenters. The summed E-state index contributed by atoms with van der Waals surface area (Å²) in [5.41, 5.74) is 4.95. The molecule has 0 aromatic rings. The fourth-order valence-corrected chi connectivity index (χ4v) is 2.15. The predicted octanol–water partition coefficient (Wildman–Crippen LogP) is -2.32. The van der Waals surface area contributed by atoms with E-state index in [0.29, 0.717) is 0 Å². The molecule has 1 saturated heterocycles. The normalized spacial score (nSPS) is 15.6. The number of nitrogens with two attached hydrogens (primary N) is 1. The zero-order valence-electron chi connectivity index (χ0n) is 13.1. The molecule has 0 aromatic carbocycles. The minimum Gasteiger partial charge on any atom is -0.480 e. The Morgan fingerprint density at radius 3 is 2.50 bits per heavy atom. The van der Waals surface area contributed by atoms with E-state index in [-0.39, 0.29) is 44.9 Å². The third-order valence-electron chi connectivity index (χ3n) is 3.45. The number of nitrogens with one attached hydrogen (secondary N) is 1. The summed E-state index contributed by atoms with van der Waals surface area (Å²) in [5.74, 6) is -3.42. The summed E-state index contributed by atoms with van der Waals surface area (Å²) in [6.45, 7) is 3.27. The highest BCUT2D eigenvalue weighted by molar-refractivity contribution is 5.93. The number of hydrogen-bond acceptors (Lipinski definition) is 5. The van der Waals surface area contributed by atoms with E-state index in [4.69, 9.17) is 10.8 Å². The summed E-state index contributed by atoms with van der Waals surface area (Å²) < 4.78 is 0. The molecule has 132 valence electrons. The van der Waals surface area contributed by atoms with Crippen molar-refractivity contribution < 1.29 is 29.1 Å². The highest BCUT2D eigenvalue weighted by Gasteiger charge is 2.28. The lowest BCUT2D eigenvalue weighted by Crippen LogP contribution is -2.55. The maximum Gasteiger partial charge on any atom is 0.326 e. The van der Waals surface area contributed by atoms with Gasteiger partial charge in [0, 0.05) is 19.5 Å². The molecule has 0 saturated carbocycles. The van der Waals surface area contributed by atoms with E-state index in [1.165, 1.54) is 9.80 Å². The molecule has 10 nitrogen and oxygen atoms in total. The molecule has 0 spiro atoms. The van der Waals surface area contributed by atoms with Gasteiger partial charge in [-0.15, -0.1) is 0 Å². The number of rotatable bonds is 8. The molecule has 4 N–H and O–H groups in total. The Morgan fingerprint density at radius 1 is 1.33 bits per heavy atom. The molecule has 4 amide bonds. The van der Waals surface area contributed by atoms with Crippen molar-refractivity contribution in [2.45, 2.75) is 18.9 Å². The second-order valence-electron chi connectivity index (χ2n) is 5.24. The van der Waals surface area contributed by atoms with Crippen LogP contribution in [-0.4, -0.2) is 76.7 Å². The maximum absolute atomic E-state index is 11.9. The van der Waals surface area contributed by atoms with Crippen LogP contribution in [0.5, 0.6) is 0 Å². The number of hydrogen-bond donors (Lipinski definition) is 3. The van der Waals surface area contributed by atoms with E-state index in [9.17, 15) is 24.0 Å². The molecule has 1 unspecified atom stereocenters. The second kappa shape index (κ2) is 8.65. The van der Waals surface area contributed by atoms with Gasteiger partial charge in [-0.3, -0.25) is 19.2 Å². The monoisotopic (exact) mass is 340 g/mol. The molecule has 0 aromatic heterocycles. The van der Waals surface area contributed by atoms with Gasteiger partial charge >= 0.3 is 5.97 Å². The molecular weight excluding hydrogens is 320 g/mol. The standard InChI is InChI=1S/C14H20N4O6/c1-2-12(21)18-6-5-17(13(22)8-18)7-11(20)16-9(14(23)24)3-4-10(15)19/h2,9H,1,3-8H2,(H2,15,19)(H,16,20)(H,23,24). The molecule has 1 heterocycles. The molecule has 1 aliphatic heterocycles. The van der Waals surface area contributed by atoms with Crippen LogP contribution in [0.4, 0.5) is 0 Å². The van der Waals surface area contributed by atoms with Crippen LogP contribution in [0.25, 0.3) is 0 Å². The van der Waals surface area contributed by atoms with Gasteiger partial charge in [0.2, 0.25) is 23.6 Å². The van der Waals surface area contributed by atoms with E-state index in [0.717, 1.165) is 6.08 Å². The smallest absolute Gasteiger partial charge is 0.326 e. The number of carbonyl (C=O) groups is 5. The molecular formula is C14H20N4O6. The largest absolute Gasteiger partial charge is 0.480 e. The molecule has 24 heavy (non-hydrogen) atoms. The van der Waals surface area contributed by atoms with Crippen molar-refractivity contribution in [1.82, 2.24) is 15.1 Å². The average molecular weight is 340 g/mol. The fourth-order valence-electron chi connectivity index (χ4n) is 2.15. The van der Waals surface area contributed by atoms with Crippen LogP contribution in [0.1, 0.15) is 12.8 Å². The Labute approximate surface area is 138 Å². The summed E-state index contributed by atoms with van der Waals surface area (Å²) in [5, 5.41) is 11.3. The molecule has 10 heteroatoms. The molecule has 0 aliphatic carbocycles. The first-order chi connectivity index (χ1) is 11.2. The number of aliphatic carboxylic acids is 1. The Hall–Kier alpha value is -2.91. The van der Waals surface area contributed by atoms with Crippen LogP contribution >= 0.6 is 0 Å². The van der Waals surface area contributed by atoms with Crippen LogP contribution < -0.4 is 11.1 Å². The molecule has 1 fully saturated rings. The van der Waals surface area contributed by atoms with Gasteiger partial charge in [0.1, 0.15) is 12.6 Å². The minimum absolute atomic E-state index is 0.133. The van der Waals surface area contributed by atoms with E-state index in [1.54, 1.807) is 0 Å².